The molecule has 0 unspecified atom stereocenters. The molecule has 0 atom stereocenters. The van der Waals surface area contributed by atoms with Gasteiger partial charge in [0.2, 0.25) is 0 Å². The largest absolute Gasteiger partial charge is 0.179 e. The van der Waals surface area contributed by atoms with E-state index in [4.69, 9.17) is 0 Å². The highest BCUT2D eigenvalue weighted by atomic mass is 28.3. The SMILES string of the molecule is Cc1ccc(-c2cccc([Si](c3ccccc3)(c3ccccc3)c3ccccc3)c2)cc1. The number of hydrogen-bond donors (Lipinski definition) is 0. The van der Waals surface area contributed by atoms with Crippen molar-refractivity contribution < 1.29 is 0 Å². The van der Waals surface area contributed by atoms with E-state index in [2.05, 4.69) is 146 Å². The zero-order chi connectivity index (χ0) is 21.8. The molecule has 0 fully saturated rings. The van der Waals surface area contributed by atoms with Gasteiger partial charge in [-0.15, -0.1) is 0 Å². The Bertz CT molecular complexity index is 1190. The second kappa shape index (κ2) is 8.82. The lowest BCUT2D eigenvalue weighted by Gasteiger charge is -2.34. The molecule has 0 aliphatic rings. The summed E-state index contributed by atoms with van der Waals surface area (Å²) in [5.41, 5.74) is 3.81. The predicted molar refractivity (Wildman–Crippen MR) is 140 cm³/mol. The van der Waals surface area contributed by atoms with Gasteiger partial charge >= 0.3 is 0 Å². The Kier molecular flexibility index (Phi) is 5.58. The van der Waals surface area contributed by atoms with Crippen LogP contribution in [0.1, 0.15) is 5.56 Å². The van der Waals surface area contributed by atoms with Crippen LogP contribution in [0.2, 0.25) is 0 Å². The van der Waals surface area contributed by atoms with Gasteiger partial charge in [0.15, 0.2) is 8.07 Å². The zero-order valence-corrected chi connectivity index (χ0v) is 19.3. The van der Waals surface area contributed by atoms with Crippen LogP contribution in [0.3, 0.4) is 0 Å². The molecule has 1 heteroatoms. The van der Waals surface area contributed by atoms with Crippen molar-refractivity contribution in [2.24, 2.45) is 0 Å². The molecule has 0 bridgehead atoms. The van der Waals surface area contributed by atoms with Crippen LogP contribution >= 0.6 is 0 Å². The standard InChI is InChI=1S/C31H26Si/c1-25-20-22-26(23-21-25)27-12-11-19-31(24-27)32(28-13-5-2-6-14-28,29-15-7-3-8-16-29)30-17-9-4-10-18-30/h2-24H,1H3. The molecular formula is C31H26Si. The molecule has 5 rings (SSSR count). The summed E-state index contributed by atoms with van der Waals surface area (Å²) in [7, 11) is -2.48. The number of aryl methyl sites for hydroxylation is 1. The van der Waals surface area contributed by atoms with E-state index in [-0.39, 0.29) is 0 Å². The van der Waals surface area contributed by atoms with Crippen molar-refractivity contribution in [1.29, 1.82) is 0 Å². The fraction of sp³-hybridized carbons (Fsp3) is 0.0323. The topological polar surface area (TPSA) is 0 Å². The highest BCUT2D eigenvalue weighted by molar-refractivity contribution is 7.19. The molecule has 0 spiro atoms. The van der Waals surface area contributed by atoms with E-state index < -0.39 is 8.07 Å². The van der Waals surface area contributed by atoms with Gasteiger partial charge in [-0.05, 0) is 38.8 Å². The smallest absolute Gasteiger partial charge is 0.0623 e. The summed E-state index contributed by atoms with van der Waals surface area (Å²) in [5, 5.41) is 5.61. The maximum atomic E-state index is 2.42. The molecule has 154 valence electrons. The van der Waals surface area contributed by atoms with Crippen molar-refractivity contribution >= 4 is 28.8 Å². The van der Waals surface area contributed by atoms with Gasteiger partial charge in [-0.25, -0.2) is 0 Å². The van der Waals surface area contributed by atoms with E-state index in [9.17, 15) is 0 Å². The summed E-state index contributed by atoms with van der Waals surface area (Å²) in [6.07, 6.45) is 0. The summed E-state index contributed by atoms with van der Waals surface area (Å²) in [5.74, 6) is 0. The molecule has 0 saturated heterocycles. The first kappa shape index (κ1) is 20.2. The van der Waals surface area contributed by atoms with Gasteiger partial charge < -0.3 is 0 Å². The molecule has 0 radical (unpaired) electrons. The molecule has 0 amide bonds. The van der Waals surface area contributed by atoms with Crippen LogP contribution in [0.4, 0.5) is 0 Å². The average Bonchev–Trinajstić information content (AvgIpc) is 2.87. The van der Waals surface area contributed by atoms with E-state index in [1.807, 2.05) is 0 Å². The van der Waals surface area contributed by atoms with E-state index in [0.717, 1.165) is 0 Å². The van der Waals surface area contributed by atoms with Crippen LogP contribution in [-0.4, -0.2) is 8.07 Å². The third-order valence-corrected chi connectivity index (χ3v) is 11.1. The Morgan fingerprint density at radius 3 is 1.28 bits per heavy atom. The lowest BCUT2D eigenvalue weighted by Crippen LogP contribution is -2.74. The van der Waals surface area contributed by atoms with Gasteiger partial charge in [-0.3, -0.25) is 0 Å². The van der Waals surface area contributed by atoms with E-state index in [1.54, 1.807) is 0 Å². The monoisotopic (exact) mass is 426 g/mol. The molecule has 5 aromatic carbocycles. The molecule has 0 aliphatic carbocycles. The molecule has 32 heavy (non-hydrogen) atoms. The van der Waals surface area contributed by atoms with Gasteiger partial charge in [0, 0.05) is 0 Å². The van der Waals surface area contributed by atoms with Gasteiger partial charge in [-0.2, -0.15) is 0 Å². The van der Waals surface area contributed by atoms with Gasteiger partial charge in [0.05, 0.1) is 0 Å². The normalized spacial score (nSPS) is 11.3. The van der Waals surface area contributed by atoms with Crippen molar-refractivity contribution in [1.82, 2.24) is 0 Å². The van der Waals surface area contributed by atoms with Crippen LogP contribution in [0.15, 0.2) is 140 Å². The Morgan fingerprint density at radius 2 is 0.812 bits per heavy atom. The first-order chi connectivity index (χ1) is 15.8. The van der Waals surface area contributed by atoms with E-state index in [1.165, 1.54) is 37.4 Å². The summed E-state index contributed by atoms with van der Waals surface area (Å²) in [6, 6.07) is 51.3. The van der Waals surface area contributed by atoms with Crippen molar-refractivity contribution in [3.63, 3.8) is 0 Å². The molecule has 0 aliphatic heterocycles. The number of rotatable bonds is 5. The van der Waals surface area contributed by atoms with E-state index in [0.29, 0.717) is 0 Å². The summed E-state index contributed by atoms with van der Waals surface area (Å²) >= 11 is 0. The first-order valence-electron chi connectivity index (χ1n) is 11.1. The number of benzene rings is 5. The zero-order valence-electron chi connectivity index (χ0n) is 18.3. The third kappa shape index (κ3) is 3.61. The molecule has 0 heterocycles. The average molecular weight is 427 g/mol. The van der Waals surface area contributed by atoms with Crippen molar-refractivity contribution in [3.05, 3.63) is 145 Å². The molecule has 0 aromatic heterocycles. The Hall–Kier alpha value is -3.68. The minimum Gasteiger partial charge on any atom is -0.0623 e. The summed E-state index contributed by atoms with van der Waals surface area (Å²) in [4.78, 5) is 0. The fourth-order valence-corrected chi connectivity index (χ4v) is 9.54. The molecular weight excluding hydrogens is 400 g/mol. The first-order valence-corrected chi connectivity index (χ1v) is 13.1. The van der Waals surface area contributed by atoms with Crippen LogP contribution in [0.25, 0.3) is 11.1 Å². The Balaban J connectivity index is 1.83. The van der Waals surface area contributed by atoms with Crippen molar-refractivity contribution in [3.8, 4) is 11.1 Å². The minimum atomic E-state index is -2.48. The summed E-state index contributed by atoms with van der Waals surface area (Å²) < 4.78 is 0. The molecule has 5 aromatic rings. The molecule has 0 nitrogen and oxygen atoms in total. The van der Waals surface area contributed by atoms with Crippen LogP contribution in [0, 0.1) is 6.92 Å². The lowest BCUT2D eigenvalue weighted by atomic mass is 10.0. The van der Waals surface area contributed by atoms with Crippen molar-refractivity contribution in [2.75, 3.05) is 0 Å². The molecule has 0 N–H and O–H groups in total. The highest BCUT2D eigenvalue weighted by Gasteiger charge is 2.41. The number of hydrogen-bond acceptors (Lipinski definition) is 0. The quantitative estimate of drug-likeness (QED) is 0.273. The van der Waals surface area contributed by atoms with Crippen molar-refractivity contribution in [2.45, 2.75) is 6.92 Å². The van der Waals surface area contributed by atoms with Crippen LogP contribution in [0.5, 0.6) is 0 Å². The minimum absolute atomic E-state index is 1.26. The highest BCUT2D eigenvalue weighted by Crippen LogP contribution is 2.20. The fourth-order valence-electron chi connectivity index (χ4n) is 4.74. The second-order valence-electron chi connectivity index (χ2n) is 8.29. The summed E-state index contributed by atoms with van der Waals surface area (Å²) in [6.45, 7) is 2.14. The predicted octanol–water partition coefficient (Wildman–Crippen LogP) is 5.04. The maximum absolute atomic E-state index is 2.48. The van der Waals surface area contributed by atoms with E-state index >= 15 is 0 Å². The Morgan fingerprint density at radius 1 is 0.375 bits per heavy atom. The van der Waals surface area contributed by atoms with Gasteiger partial charge in [0.25, 0.3) is 0 Å². The third-order valence-electron chi connectivity index (χ3n) is 6.30. The Labute approximate surface area is 191 Å². The second-order valence-corrected chi connectivity index (χ2v) is 12.1. The maximum Gasteiger partial charge on any atom is 0.179 e. The van der Waals surface area contributed by atoms with Gasteiger partial charge in [-0.1, -0.05) is 145 Å². The van der Waals surface area contributed by atoms with Crippen LogP contribution in [-0.2, 0) is 0 Å². The lowest BCUT2D eigenvalue weighted by molar-refractivity contribution is 1.47. The van der Waals surface area contributed by atoms with Gasteiger partial charge in [0.1, 0.15) is 0 Å². The molecule has 0 saturated carbocycles. The van der Waals surface area contributed by atoms with Crippen LogP contribution < -0.4 is 20.7 Å².